The Balaban J connectivity index is 2.01. The first-order valence-electron chi connectivity index (χ1n) is 5.89. The van der Waals surface area contributed by atoms with Crippen LogP contribution in [0, 0.1) is 0 Å². The molecule has 0 unspecified atom stereocenters. The van der Waals surface area contributed by atoms with Crippen LogP contribution < -0.4 is 10.9 Å². The number of carbonyl (C=O) groups excluding carboxylic acids is 1. The smallest absolute Gasteiger partial charge is 0.251 e. The molecule has 1 aromatic heterocycles. The second-order valence-corrected chi connectivity index (χ2v) is 6.16. The molecule has 2 heterocycles. The molecule has 0 radical (unpaired) electrons. The highest BCUT2D eigenvalue weighted by Gasteiger charge is 2.20. The maximum atomic E-state index is 11.9. The lowest BCUT2D eigenvalue weighted by Crippen LogP contribution is -2.39. The van der Waals surface area contributed by atoms with Gasteiger partial charge in [0.25, 0.3) is 11.5 Å². The lowest BCUT2D eigenvalue weighted by atomic mass is 10.1. The van der Waals surface area contributed by atoms with E-state index in [1.807, 2.05) is 0 Å². The lowest BCUT2D eigenvalue weighted by molar-refractivity contribution is 0.0934. The topological polar surface area (TPSA) is 68.2 Å². The van der Waals surface area contributed by atoms with E-state index in [0.717, 1.165) is 12.8 Å². The number of aryl methyl sites for hydroxylation is 1. The maximum Gasteiger partial charge on any atom is 0.251 e. The molecule has 0 bridgehead atoms. The Labute approximate surface area is 108 Å². The number of nitrogens with zero attached hydrogens (tertiary/aromatic N) is 1. The molecule has 0 aromatic carbocycles. The number of hydrogen-bond donors (Lipinski definition) is 1. The van der Waals surface area contributed by atoms with Gasteiger partial charge in [0.15, 0.2) is 0 Å². The summed E-state index contributed by atoms with van der Waals surface area (Å²) in [7, 11) is 0.908. The molecule has 5 nitrogen and oxygen atoms in total. The SMILES string of the molecule is Cn1ccc(C(=O)NC2CCS(=O)CC2)cc1=O. The normalized spacial score (nSPS) is 23.6. The molecule has 0 spiro atoms. The van der Waals surface area contributed by atoms with Gasteiger partial charge in [-0.25, -0.2) is 0 Å². The molecule has 2 rings (SSSR count). The fourth-order valence-electron chi connectivity index (χ4n) is 1.90. The van der Waals surface area contributed by atoms with Crippen molar-refractivity contribution in [3.05, 3.63) is 34.2 Å². The van der Waals surface area contributed by atoms with E-state index in [1.165, 1.54) is 10.6 Å². The summed E-state index contributed by atoms with van der Waals surface area (Å²) < 4.78 is 12.6. The molecule has 0 saturated carbocycles. The number of pyridine rings is 1. The number of amides is 1. The molecule has 1 fully saturated rings. The second-order valence-electron chi connectivity index (χ2n) is 4.46. The van der Waals surface area contributed by atoms with Gasteiger partial charge in [-0.05, 0) is 18.9 Å². The van der Waals surface area contributed by atoms with Crippen LogP contribution in [0.2, 0.25) is 0 Å². The van der Waals surface area contributed by atoms with E-state index >= 15 is 0 Å². The van der Waals surface area contributed by atoms with E-state index in [9.17, 15) is 13.8 Å². The molecule has 1 aromatic rings. The van der Waals surface area contributed by atoms with Gasteiger partial charge in [-0.1, -0.05) is 0 Å². The third-order valence-corrected chi connectivity index (χ3v) is 4.47. The Morgan fingerprint density at radius 1 is 1.44 bits per heavy atom. The van der Waals surface area contributed by atoms with Crippen LogP contribution in [0.1, 0.15) is 23.2 Å². The molecule has 1 N–H and O–H groups in total. The Hall–Kier alpha value is -1.43. The second kappa shape index (κ2) is 5.48. The van der Waals surface area contributed by atoms with E-state index in [0.29, 0.717) is 17.1 Å². The summed E-state index contributed by atoms with van der Waals surface area (Å²) in [5, 5.41) is 2.88. The number of hydrogen-bond acceptors (Lipinski definition) is 3. The summed E-state index contributed by atoms with van der Waals surface area (Å²) in [5.74, 6) is 1.05. The molecule has 0 aliphatic carbocycles. The minimum absolute atomic E-state index is 0.0688. The molecular weight excluding hydrogens is 252 g/mol. The van der Waals surface area contributed by atoms with E-state index in [4.69, 9.17) is 0 Å². The van der Waals surface area contributed by atoms with Crippen molar-refractivity contribution in [2.24, 2.45) is 7.05 Å². The number of aromatic nitrogens is 1. The highest BCUT2D eigenvalue weighted by atomic mass is 32.2. The van der Waals surface area contributed by atoms with Crippen molar-refractivity contribution in [2.75, 3.05) is 11.5 Å². The summed E-state index contributed by atoms with van der Waals surface area (Å²) in [5.41, 5.74) is 0.178. The zero-order chi connectivity index (χ0) is 13.1. The molecular formula is C12H16N2O3S. The van der Waals surface area contributed by atoms with Gasteiger partial charge in [-0.2, -0.15) is 0 Å². The third-order valence-electron chi connectivity index (χ3n) is 3.09. The predicted molar refractivity (Wildman–Crippen MR) is 70.0 cm³/mol. The van der Waals surface area contributed by atoms with Crippen LogP contribution in [0.4, 0.5) is 0 Å². The van der Waals surface area contributed by atoms with Crippen LogP contribution in [0.25, 0.3) is 0 Å². The van der Waals surface area contributed by atoms with Crippen LogP contribution >= 0.6 is 0 Å². The van der Waals surface area contributed by atoms with Gasteiger partial charge in [0.1, 0.15) is 0 Å². The van der Waals surface area contributed by atoms with Crippen molar-refractivity contribution in [3.63, 3.8) is 0 Å². The summed E-state index contributed by atoms with van der Waals surface area (Å²) in [6.07, 6.45) is 3.06. The zero-order valence-electron chi connectivity index (χ0n) is 10.2. The average Bonchev–Trinajstić information content (AvgIpc) is 2.35. The van der Waals surface area contributed by atoms with E-state index in [2.05, 4.69) is 5.32 Å². The van der Waals surface area contributed by atoms with Crippen LogP contribution in [0.5, 0.6) is 0 Å². The molecule has 1 aliphatic heterocycles. The van der Waals surface area contributed by atoms with Crippen molar-refractivity contribution < 1.29 is 9.00 Å². The highest BCUT2D eigenvalue weighted by Crippen LogP contribution is 2.09. The highest BCUT2D eigenvalue weighted by molar-refractivity contribution is 7.85. The molecule has 98 valence electrons. The van der Waals surface area contributed by atoms with Crippen LogP contribution in [0.3, 0.4) is 0 Å². The molecule has 1 amide bonds. The number of carbonyl (C=O) groups is 1. The number of rotatable bonds is 2. The van der Waals surface area contributed by atoms with Gasteiger partial charge in [0.05, 0.1) is 0 Å². The Bertz CT molecular complexity index is 528. The Kier molecular flexibility index (Phi) is 3.96. The minimum Gasteiger partial charge on any atom is -0.349 e. The van der Waals surface area contributed by atoms with Gasteiger partial charge in [-0.15, -0.1) is 0 Å². The average molecular weight is 268 g/mol. The fourth-order valence-corrected chi connectivity index (χ4v) is 3.20. The molecule has 0 atom stereocenters. The molecule has 6 heteroatoms. The van der Waals surface area contributed by atoms with E-state index in [1.54, 1.807) is 19.3 Å². The Morgan fingerprint density at radius 2 is 2.11 bits per heavy atom. The zero-order valence-corrected chi connectivity index (χ0v) is 11.0. The maximum absolute atomic E-state index is 11.9. The van der Waals surface area contributed by atoms with Crippen molar-refractivity contribution in [1.82, 2.24) is 9.88 Å². The quantitative estimate of drug-likeness (QED) is 0.822. The number of nitrogens with one attached hydrogen (secondary N) is 1. The predicted octanol–water partition coefficient (Wildman–Crippen LogP) is 0.0262. The largest absolute Gasteiger partial charge is 0.349 e. The first kappa shape index (κ1) is 13.0. The van der Waals surface area contributed by atoms with E-state index in [-0.39, 0.29) is 17.5 Å². The molecule has 18 heavy (non-hydrogen) atoms. The van der Waals surface area contributed by atoms with Gasteiger partial charge in [-0.3, -0.25) is 13.8 Å². The lowest BCUT2D eigenvalue weighted by Gasteiger charge is -2.22. The molecule has 1 aliphatic rings. The molecule has 1 saturated heterocycles. The standard InChI is InChI=1S/C12H16N2O3S/c1-14-5-2-9(8-11(14)15)12(16)13-10-3-6-18(17)7-4-10/h2,5,8,10H,3-4,6-7H2,1H3,(H,13,16). The van der Waals surface area contributed by atoms with Crippen molar-refractivity contribution in [1.29, 1.82) is 0 Å². The van der Waals surface area contributed by atoms with Crippen molar-refractivity contribution in [3.8, 4) is 0 Å². The first-order valence-corrected chi connectivity index (χ1v) is 7.37. The summed E-state index contributed by atoms with van der Waals surface area (Å²) >= 11 is 0. The van der Waals surface area contributed by atoms with Crippen LogP contribution in [0.15, 0.2) is 23.1 Å². The monoisotopic (exact) mass is 268 g/mol. The van der Waals surface area contributed by atoms with Crippen molar-refractivity contribution in [2.45, 2.75) is 18.9 Å². The van der Waals surface area contributed by atoms with Gasteiger partial charge < -0.3 is 9.88 Å². The summed E-state index contributed by atoms with van der Waals surface area (Å²) in [6, 6.07) is 3.02. The minimum atomic E-state index is -0.732. The van der Waals surface area contributed by atoms with Gasteiger partial charge >= 0.3 is 0 Å². The first-order chi connectivity index (χ1) is 8.56. The third kappa shape index (κ3) is 3.07. The van der Waals surface area contributed by atoms with Crippen LogP contribution in [-0.2, 0) is 17.8 Å². The van der Waals surface area contributed by atoms with Gasteiger partial charge in [0.2, 0.25) is 0 Å². The Morgan fingerprint density at radius 3 is 2.72 bits per heavy atom. The fraction of sp³-hybridized carbons (Fsp3) is 0.500. The summed E-state index contributed by atoms with van der Waals surface area (Å²) in [6.45, 7) is 0. The van der Waals surface area contributed by atoms with Gasteiger partial charge in [0, 0.05) is 53.2 Å². The summed E-state index contributed by atoms with van der Waals surface area (Å²) in [4.78, 5) is 23.3. The van der Waals surface area contributed by atoms with Crippen molar-refractivity contribution >= 4 is 16.7 Å². The van der Waals surface area contributed by atoms with Crippen LogP contribution in [-0.4, -0.2) is 32.2 Å². The van der Waals surface area contributed by atoms with E-state index < -0.39 is 10.8 Å².